The number of pyridine rings is 1. The zero-order valence-corrected chi connectivity index (χ0v) is 12.2. The minimum Gasteiger partial charge on any atom is -0.385 e. The molecule has 1 heterocycles. The van der Waals surface area contributed by atoms with Gasteiger partial charge in [-0.25, -0.2) is 0 Å². The Hall–Kier alpha value is -0.450. The van der Waals surface area contributed by atoms with E-state index in [1.54, 1.807) is 7.11 Å². The molecule has 0 aliphatic rings. The number of hydrogen-bond donors (Lipinski definition) is 1. The lowest BCUT2D eigenvalue weighted by Gasteiger charge is -2.17. The van der Waals surface area contributed by atoms with Gasteiger partial charge in [-0.1, -0.05) is 6.92 Å². The molecule has 0 aliphatic heterocycles. The molecule has 1 rings (SSSR count). The van der Waals surface area contributed by atoms with Crippen molar-refractivity contribution in [1.82, 2.24) is 10.3 Å². The predicted molar refractivity (Wildman–Crippen MR) is 74.2 cm³/mol. The van der Waals surface area contributed by atoms with Crippen LogP contribution in [0, 0.1) is 0 Å². The van der Waals surface area contributed by atoms with E-state index in [-0.39, 0.29) is 0 Å². The molecule has 0 aliphatic carbocycles. The van der Waals surface area contributed by atoms with E-state index < -0.39 is 0 Å². The summed E-state index contributed by atoms with van der Waals surface area (Å²) in [6.45, 7) is 3.96. The zero-order chi connectivity index (χ0) is 12.5. The van der Waals surface area contributed by atoms with Gasteiger partial charge in [-0.3, -0.25) is 4.98 Å². The largest absolute Gasteiger partial charge is 0.385 e. The Kier molecular flexibility index (Phi) is 7.40. The average molecular weight is 301 g/mol. The van der Waals surface area contributed by atoms with E-state index in [0.29, 0.717) is 6.04 Å². The van der Waals surface area contributed by atoms with Crippen LogP contribution in [0.5, 0.6) is 0 Å². The lowest BCUT2D eigenvalue weighted by atomic mass is 10.1. The van der Waals surface area contributed by atoms with Crippen molar-refractivity contribution in [3.8, 4) is 0 Å². The van der Waals surface area contributed by atoms with Gasteiger partial charge in [0.15, 0.2) is 0 Å². The van der Waals surface area contributed by atoms with Gasteiger partial charge in [-0.15, -0.1) is 0 Å². The van der Waals surface area contributed by atoms with E-state index in [9.17, 15) is 0 Å². The van der Waals surface area contributed by atoms with Gasteiger partial charge in [0.1, 0.15) is 0 Å². The SMILES string of the molecule is CCNC(CCCOC)Cc1ccc(Br)cn1. The summed E-state index contributed by atoms with van der Waals surface area (Å²) in [5, 5.41) is 3.50. The van der Waals surface area contributed by atoms with Crippen molar-refractivity contribution >= 4 is 15.9 Å². The van der Waals surface area contributed by atoms with Gasteiger partial charge < -0.3 is 10.1 Å². The molecular formula is C13H21BrN2O. The Morgan fingerprint density at radius 3 is 2.88 bits per heavy atom. The molecule has 0 saturated carbocycles. The first-order valence-electron chi connectivity index (χ1n) is 6.09. The highest BCUT2D eigenvalue weighted by Gasteiger charge is 2.08. The molecule has 0 spiro atoms. The molecule has 1 aromatic rings. The van der Waals surface area contributed by atoms with Gasteiger partial charge in [0.25, 0.3) is 0 Å². The van der Waals surface area contributed by atoms with Crippen molar-refractivity contribution in [3.63, 3.8) is 0 Å². The van der Waals surface area contributed by atoms with Crippen LogP contribution in [-0.4, -0.2) is 31.3 Å². The van der Waals surface area contributed by atoms with Crippen molar-refractivity contribution < 1.29 is 4.74 Å². The summed E-state index contributed by atoms with van der Waals surface area (Å²) in [6, 6.07) is 4.61. The molecule has 0 radical (unpaired) electrons. The van der Waals surface area contributed by atoms with Gasteiger partial charge in [0, 0.05) is 42.5 Å². The lowest BCUT2D eigenvalue weighted by Crippen LogP contribution is -2.31. The highest BCUT2D eigenvalue weighted by molar-refractivity contribution is 9.10. The zero-order valence-electron chi connectivity index (χ0n) is 10.6. The minimum absolute atomic E-state index is 0.490. The monoisotopic (exact) mass is 300 g/mol. The second-order valence-corrected chi connectivity index (χ2v) is 4.98. The smallest absolute Gasteiger partial charge is 0.0462 e. The first kappa shape index (κ1) is 14.6. The lowest BCUT2D eigenvalue weighted by molar-refractivity contribution is 0.188. The van der Waals surface area contributed by atoms with Crippen LogP contribution in [0.25, 0.3) is 0 Å². The molecule has 0 aromatic carbocycles. The van der Waals surface area contributed by atoms with E-state index in [4.69, 9.17) is 4.74 Å². The molecule has 1 aromatic heterocycles. The van der Waals surface area contributed by atoms with Crippen molar-refractivity contribution in [2.24, 2.45) is 0 Å². The van der Waals surface area contributed by atoms with Gasteiger partial charge in [0.05, 0.1) is 0 Å². The molecule has 0 bridgehead atoms. The summed E-state index contributed by atoms with van der Waals surface area (Å²) < 4.78 is 6.12. The second-order valence-electron chi connectivity index (χ2n) is 4.06. The van der Waals surface area contributed by atoms with E-state index >= 15 is 0 Å². The molecule has 3 nitrogen and oxygen atoms in total. The molecular weight excluding hydrogens is 280 g/mol. The summed E-state index contributed by atoms with van der Waals surface area (Å²) in [6.07, 6.45) is 5.04. The maximum atomic E-state index is 5.09. The molecule has 17 heavy (non-hydrogen) atoms. The molecule has 0 amide bonds. The van der Waals surface area contributed by atoms with Crippen molar-refractivity contribution in [2.75, 3.05) is 20.3 Å². The molecule has 96 valence electrons. The number of likely N-dealkylation sites (N-methyl/N-ethyl adjacent to an activating group) is 1. The number of rotatable bonds is 8. The van der Waals surface area contributed by atoms with Gasteiger partial charge in [-0.2, -0.15) is 0 Å². The summed E-state index contributed by atoms with van der Waals surface area (Å²) in [5.41, 5.74) is 1.14. The van der Waals surface area contributed by atoms with Crippen LogP contribution in [0.4, 0.5) is 0 Å². The average Bonchev–Trinajstić information content (AvgIpc) is 2.32. The minimum atomic E-state index is 0.490. The van der Waals surface area contributed by atoms with Crippen molar-refractivity contribution in [2.45, 2.75) is 32.2 Å². The molecule has 0 fully saturated rings. The first-order chi connectivity index (χ1) is 8.26. The van der Waals surface area contributed by atoms with E-state index in [0.717, 1.165) is 42.6 Å². The number of aromatic nitrogens is 1. The topological polar surface area (TPSA) is 34.1 Å². The number of hydrogen-bond acceptors (Lipinski definition) is 3. The standard InChI is InChI=1S/C13H21BrN2O/c1-3-15-12(5-4-8-17-2)9-13-7-6-11(14)10-16-13/h6-7,10,12,15H,3-5,8-9H2,1-2H3. The molecule has 4 heteroatoms. The third kappa shape index (κ3) is 6.15. The number of nitrogens with one attached hydrogen (secondary N) is 1. The fraction of sp³-hybridized carbons (Fsp3) is 0.615. The quantitative estimate of drug-likeness (QED) is 0.750. The molecule has 1 unspecified atom stereocenters. The fourth-order valence-corrected chi connectivity index (χ4v) is 2.05. The maximum absolute atomic E-state index is 5.09. The van der Waals surface area contributed by atoms with Crippen LogP contribution >= 0.6 is 15.9 Å². The van der Waals surface area contributed by atoms with E-state index in [1.165, 1.54) is 0 Å². The van der Waals surface area contributed by atoms with Gasteiger partial charge >= 0.3 is 0 Å². The van der Waals surface area contributed by atoms with Crippen LogP contribution < -0.4 is 5.32 Å². The Bertz CT molecular complexity index is 303. The highest BCUT2D eigenvalue weighted by atomic mass is 79.9. The predicted octanol–water partition coefficient (Wildman–Crippen LogP) is 2.79. The maximum Gasteiger partial charge on any atom is 0.0462 e. The number of methoxy groups -OCH3 is 1. The van der Waals surface area contributed by atoms with Crippen LogP contribution in [0.3, 0.4) is 0 Å². The molecule has 1 atom stereocenters. The van der Waals surface area contributed by atoms with Crippen LogP contribution in [0.15, 0.2) is 22.8 Å². The van der Waals surface area contributed by atoms with E-state index in [2.05, 4.69) is 39.2 Å². The number of halogens is 1. The van der Waals surface area contributed by atoms with Gasteiger partial charge in [-0.05, 0) is 47.4 Å². The summed E-state index contributed by atoms with van der Waals surface area (Å²) in [5.74, 6) is 0. The summed E-state index contributed by atoms with van der Waals surface area (Å²) in [4.78, 5) is 4.41. The molecule has 0 saturated heterocycles. The summed E-state index contributed by atoms with van der Waals surface area (Å²) in [7, 11) is 1.75. The third-order valence-corrected chi connectivity index (χ3v) is 3.11. The third-order valence-electron chi connectivity index (χ3n) is 2.64. The Labute approximate surface area is 112 Å². The Morgan fingerprint density at radius 1 is 1.47 bits per heavy atom. The normalized spacial score (nSPS) is 12.6. The fourth-order valence-electron chi connectivity index (χ4n) is 1.82. The highest BCUT2D eigenvalue weighted by Crippen LogP contribution is 2.10. The van der Waals surface area contributed by atoms with Crippen LogP contribution in [0.2, 0.25) is 0 Å². The molecule has 1 N–H and O–H groups in total. The summed E-state index contributed by atoms with van der Waals surface area (Å²) >= 11 is 3.40. The van der Waals surface area contributed by atoms with Gasteiger partial charge in [0.2, 0.25) is 0 Å². The van der Waals surface area contributed by atoms with Crippen LogP contribution in [0.1, 0.15) is 25.5 Å². The Morgan fingerprint density at radius 2 is 2.29 bits per heavy atom. The number of nitrogens with zero attached hydrogens (tertiary/aromatic N) is 1. The van der Waals surface area contributed by atoms with Crippen molar-refractivity contribution in [3.05, 3.63) is 28.5 Å². The van der Waals surface area contributed by atoms with Crippen molar-refractivity contribution in [1.29, 1.82) is 0 Å². The van der Waals surface area contributed by atoms with Crippen LogP contribution in [-0.2, 0) is 11.2 Å². The number of ether oxygens (including phenoxy) is 1. The second kappa shape index (κ2) is 8.61. The van der Waals surface area contributed by atoms with E-state index in [1.807, 2.05) is 12.3 Å². The first-order valence-corrected chi connectivity index (χ1v) is 6.88. The Balaban J connectivity index is 2.44.